The number of carbonyl (C=O) groups is 2. The summed E-state index contributed by atoms with van der Waals surface area (Å²) in [6.07, 6.45) is 7.24. The van der Waals surface area contributed by atoms with Gasteiger partial charge in [0.15, 0.2) is 0 Å². The molecule has 5 aromatic rings. The molecule has 0 aliphatic heterocycles. The van der Waals surface area contributed by atoms with E-state index in [9.17, 15) is 5.11 Å². The summed E-state index contributed by atoms with van der Waals surface area (Å²) in [5.41, 5.74) is 6.39. The van der Waals surface area contributed by atoms with E-state index in [-0.39, 0.29) is 45.3 Å². The predicted octanol–water partition coefficient (Wildman–Crippen LogP) is -1.46. The fraction of sp³-hybridized carbons (Fsp3) is 0.275. The number of carboxylic acid groups (broad SMARTS) is 2. The van der Waals surface area contributed by atoms with Gasteiger partial charge in [-0.3, -0.25) is 29.7 Å². The Morgan fingerprint density at radius 2 is 0.847 bits per heavy atom. The minimum absolute atomic E-state index is 0. The van der Waals surface area contributed by atoms with Crippen molar-refractivity contribution < 1.29 is 87.9 Å². The molecule has 19 heteroatoms. The van der Waals surface area contributed by atoms with Gasteiger partial charge in [0.1, 0.15) is 0 Å². The van der Waals surface area contributed by atoms with Crippen LogP contribution in [0, 0.1) is 21.6 Å². The van der Waals surface area contributed by atoms with Crippen molar-refractivity contribution in [3.8, 4) is 11.8 Å². The molecule has 0 saturated heterocycles. The van der Waals surface area contributed by atoms with Gasteiger partial charge in [0.05, 0.1) is 28.8 Å². The number of hydrogen-bond acceptors (Lipinski definition) is 16. The summed E-state index contributed by atoms with van der Waals surface area (Å²) in [4.78, 5) is 39.2. The van der Waals surface area contributed by atoms with Crippen LogP contribution in [0.3, 0.4) is 0 Å². The average molecular weight is 912 g/mol. The van der Waals surface area contributed by atoms with Gasteiger partial charge in [-0.05, 0) is 70.6 Å². The molecule has 0 amide bonds. The molecule has 0 bridgehead atoms. The topological polar surface area (TPSA) is 277 Å². The number of pyridine rings is 4. The van der Waals surface area contributed by atoms with E-state index in [2.05, 4.69) is 62.6 Å². The monoisotopic (exact) mass is 911 g/mol. The van der Waals surface area contributed by atoms with Crippen molar-refractivity contribution in [2.75, 3.05) is 0 Å². The summed E-state index contributed by atoms with van der Waals surface area (Å²) >= 11 is 0. The third-order valence-corrected chi connectivity index (χ3v) is 7.34. The zero-order chi connectivity index (χ0) is 42.7. The number of aromatic nitrogens is 4. The fourth-order valence-electron chi connectivity index (χ4n) is 5.12. The Kier molecular flexibility index (Phi) is 29.7. The SMILES string of the molecule is CC#N.CC(C)(C)c1cc(CN(Cc2ccccn2)Cc2ccccn2)c([O-])c(CN(Cc2ccccn2)Cc2ccccn2)c1.O=C[O-].O=C[O-].[Mn+3].[Mn+3].[O-][Cl+3]([O-])([O-])[O-]. The van der Waals surface area contributed by atoms with Gasteiger partial charge >= 0.3 is 34.1 Å². The second-order valence-corrected chi connectivity index (χ2v) is 13.5. The Hall–Kier alpha value is -4.86. The summed E-state index contributed by atoms with van der Waals surface area (Å²) in [5, 5.41) is 38.0. The first-order chi connectivity index (χ1) is 27.1. The van der Waals surface area contributed by atoms with E-state index >= 15 is 0 Å². The molecule has 0 aliphatic rings. The first kappa shape index (κ1) is 56.2. The molecule has 0 saturated carbocycles. The largest absolute Gasteiger partial charge is 3.00 e. The quantitative estimate of drug-likeness (QED) is 0.102. The van der Waals surface area contributed by atoms with Crippen LogP contribution in [-0.4, -0.2) is 42.7 Å². The Balaban J connectivity index is 0. The average Bonchev–Trinajstić information content (AvgIpc) is 3.15. The molecule has 1 aromatic carbocycles. The molecular weight excluding hydrogens is 868 g/mol. The molecule has 59 heavy (non-hydrogen) atoms. The maximum absolute atomic E-state index is 14.2. The third kappa shape index (κ3) is 26.0. The zero-order valence-electron chi connectivity index (χ0n) is 32.7. The van der Waals surface area contributed by atoms with Crippen LogP contribution in [0.5, 0.6) is 5.75 Å². The molecule has 312 valence electrons. The Bertz CT molecular complexity index is 1690. The maximum Gasteiger partial charge on any atom is 3.00 e. The first-order valence-corrected chi connectivity index (χ1v) is 18.2. The van der Waals surface area contributed by atoms with Gasteiger partial charge in [0.25, 0.3) is 0 Å². The summed E-state index contributed by atoms with van der Waals surface area (Å²) < 4.78 is 34.0. The molecule has 4 heterocycles. The van der Waals surface area contributed by atoms with E-state index in [4.69, 9.17) is 43.7 Å². The minimum Gasteiger partial charge on any atom is -0.872 e. The molecule has 0 N–H and O–H groups in total. The number of halogens is 1. The van der Waals surface area contributed by atoms with Crippen LogP contribution >= 0.6 is 0 Å². The first-order valence-electron chi connectivity index (χ1n) is 17.0. The van der Waals surface area contributed by atoms with E-state index in [1.54, 1.807) is 6.07 Å². The molecule has 0 radical (unpaired) electrons. The van der Waals surface area contributed by atoms with Crippen molar-refractivity contribution >= 4 is 12.9 Å². The van der Waals surface area contributed by atoms with Gasteiger partial charge < -0.3 is 24.9 Å². The van der Waals surface area contributed by atoms with Crippen LogP contribution < -0.4 is 34.0 Å². The summed E-state index contributed by atoms with van der Waals surface area (Å²) in [5.74, 6) is 0.0760. The van der Waals surface area contributed by atoms with Crippen molar-refractivity contribution in [2.45, 2.75) is 72.4 Å². The van der Waals surface area contributed by atoms with Gasteiger partial charge in [0, 0.05) is 83.9 Å². The van der Waals surface area contributed by atoms with Crippen LogP contribution in [0.15, 0.2) is 110 Å². The summed E-state index contributed by atoms with van der Waals surface area (Å²) in [6, 6.07) is 29.7. The van der Waals surface area contributed by atoms with Gasteiger partial charge in [-0.1, -0.05) is 62.9 Å². The van der Waals surface area contributed by atoms with Crippen LogP contribution in [0.2, 0.25) is 0 Å². The van der Waals surface area contributed by atoms with E-state index < -0.39 is 23.2 Å². The number of nitriles is 1. The third-order valence-electron chi connectivity index (χ3n) is 7.34. The molecule has 0 spiro atoms. The van der Waals surface area contributed by atoms with E-state index in [1.165, 1.54) is 6.92 Å². The van der Waals surface area contributed by atoms with Crippen LogP contribution in [0.1, 0.15) is 67.2 Å². The van der Waals surface area contributed by atoms with Gasteiger partial charge in [0.2, 0.25) is 0 Å². The second kappa shape index (κ2) is 31.1. The Labute approximate surface area is 367 Å². The maximum atomic E-state index is 14.2. The van der Waals surface area contributed by atoms with Crippen molar-refractivity contribution in [2.24, 2.45) is 0 Å². The molecule has 0 aliphatic carbocycles. The van der Waals surface area contributed by atoms with Crippen LogP contribution in [0.25, 0.3) is 0 Å². The van der Waals surface area contributed by atoms with Crippen molar-refractivity contribution in [3.05, 3.63) is 149 Å². The van der Waals surface area contributed by atoms with Crippen LogP contribution in [-0.2, 0) is 88.4 Å². The standard InChI is InChI=1S/C36H40N6O.C2H3N.2CH2O2.ClHO4.2Mn/c1-36(2,3)30-20-28(22-41(24-31-12-4-8-16-37-31)25-32-13-5-9-17-38-32)35(43)29(21-30)23-42(26-33-14-6-10-18-39-33)27-34-15-7-11-19-40-34;1-2-3;2*2-1-3;2-1(3,4)5;;/h4-21,43H,22-27H2,1-3H3;1H3;2*1H,(H,2,3);(H,2,3,4,5);;/q;;;;;2*+3/p-4. The van der Waals surface area contributed by atoms with E-state index in [0.29, 0.717) is 39.3 Å². The number of nitrogens with zero attached hydrogens (tertiary/aromatic N) is 7. The molecule has 16 nitrogen and oxygen atoms in total. The number of benzene rings is 1. The van der Waals surface area contributed by atoms with E-state index in [0.717, 1.165) is 39.5 Å². The Morgan fingerprint density at radius 3 is 1.03 bits per heavy atom. The van der Waals surface area contributed by atoms with Gasteiger partial charge in [-0.25, -0.2) is 18.6 Å². The van der Waals surface area contributed by atoms with Crippen molar-refractivity contribution in [1.82, 2.24) is 29.7 Å². The number of rotatable bonds is 12. The molecule has 0 unspecified atom stereocenters. The van der Waals surface area contributed by atoms with Crippen molar-refractivity contribution in [1.29, 1.82) is 5.26 Å². The molecule has 5 rings (SSSR count). The minimum atomic E-state index is -4.94. The molecular formula is C40H44ClMn2N7O9+2. The van der Waals surface area contributed by atoms with Crippen molar-refractivity contribution in [3.63, 3.8) is 0 Å². The van der Waals surface area contributed by atoms with Gasteiger partial charge in [-0.15, -0.1) is 10.2 Å². The molecule has 4 aromatic heterocycles. The van der Waals surface area contributed by atoms with Gasteiger partial charge in [-0.2, -0.15) is 5.26 Å². The fourth-order valence-corrected chi connectivity index (χ4v) is 5.12. The zero-order valence-corrected chi connectivity index (χ0v) is 35.8. The van der Waals surface area contributed by atoms with E-state index in [1.807, 2.05) is 97.6 Å². The summed E-state index contributed by atoms with van der Waals surface area (Å²) in [6.45, 7) is 10.4. The summed E-state index contributed by atoms with van der Waals surface area (Å²) in [7, 11) is -4.94. The Morgan fingerprint density at radius 1 is 0.610 bits per heavy atom. The predicted molar refractivity (Wildman–Crippen MR) is 191 cm³/mol. The number of hydrogen-bond donors (Lipinski definition) is 0. The molecule has 0 fully saturated rings. The normalized spacial score (nSPS) is 10.1. The molecule has 0 atom stereocenters. The number of carbonyl (C=O) groups excluding carboxylic acids is 2. The smallest absolute Gasteiger partial charge is 0.872 e. The second-order valence-electron chi connectivity index (χ2n) is 12.7. The van der Waals surface area contributed by atoms with Crippen LogP contribution in [0.4, 0.5) is 0 Å².